The molecule has 4 atom stereocenters. The fourth-order valence-electron chi connectivity index (χ4n) is 6.28. The molecule has 1 aromatic heterocycles. The highest BCUT2D eigenvalue weighted by Gasteiger charge is 2.40. The predicted octanol–water partition coefficient (Wildman–Crippen LogP) is 4.34. The highest BCUT2D eigenvalue weighted by atomic mass is 35.5. The second-order valence-corrected chi connectivity index (χ2v) is 12.8. The molecule has 4 amide bonds. The Balaban J connectivity index is 0.00000337. The Kier molecular flexibility index (Phi) is 9.08. The third-order valence-electron chi connectivity index (χ3n) is 8.50. The summed E-state index contributed by atoms with van der Waals surface area (Å²) in [6.45, 7) is 2.29. The van der Waals surface area contributed by atoms with Gasteiger partial charge in [0.25, 0.3) is 5.91 Å². The highest BCUT2D eigenvalue weighted by Crippen LogP contribution is 2.37. The molecule has 0 spiro atoms. The number of fused-ring (bicyclic) bond motifs is 1. The number of hydrogen-bond acceptors (Lipinski definition) is 5. The summed E-state index contributed by atoms with van der Waals surface area (Å²) in [6.07, 6.45) is 1.67. The maximum atomic E-state index is 13.8. The third-order valence-corrected chi connectivity index (χ3v) is 9.83. The van der Waals surface area contributed by atoms with Crippen molar-refractivity contribution in [2.24, 2.45) is 5.92 Å². The summed E-state index contributed by atoms with van der Waals surface area (Å²) in [4.78, 5) is 50.1. The molecule has 0 unspecified atom stereocenters. The van der Waals surface area contributed by atoms with Gasteiger partial charge in [0.05, 0.1) is 18.5 Å². The molecule has 9 nitrogen and oxygen atoms in total. The van der Waals surface area contributed by atoms with Gasteiger partial charge in [-0.05, 0) is 57.0 Å². The van der Waals surface area contributed by atoms with Crippen molar-refractivity contribution in [1.82, 2.24) is 30.3 Å². The zero-order valence-corrected chi connectivity index (χ0v) is 25.2. The Morgan fingerprint density at radius 2 is 1.93 bits per heavy atom. The highest BCUT2D eigenvalue weighted by molar-refractivity contribution is 8.03. The van der Waals surface area contributed by atoms with Crippen molar-refractivity contribution in [1.29, 1.82) is 0 Å². The van der Waals surface area contributed by atoms with Crippen LogP contribution in [0.2, 0.25) is 5.02 Å². The van der Waals surface area contributed by atoms with E-state index < -0.39 is 12.2 Å². The van der Waals surface area contributed by atoms with Gasteiger partial charge in [-0.15, -0.1) is 24.2 Å². The van der Waals surface area contributed by atoms with Gasteiger partial charge in [0.2, 0.25) is 5.91 Å². The van der Waals surface area contributed by atoms with Crippen molar-refractivity contribution in [2.45, 2.75) is 50.4 Å². The Morgan fingerprint density at radius 3 is 2.71 bits per heavy atom. The van der Waals surface area contributed by atoms with Gasteiger partial charge < -0.3 is 25.4 Å². The SMILES string of the molecule is CN1CCC2=C(C1)SCN2C(=O)N[C@@H]1C[C@@H](C(=O)N2CC[C@H](F)C2)CC[C@@H]1NC(=O)c1cc2cc(Cl)ccc2[nH]1.Cl. The van der Waals surface area contributed by atoms with E-state index in [1.54, 1.807) is 39.8 Å². The summed E-state index contributed by atoms with van der Waals surface area (Å²) < 4.78 is 13.8. The molecule has 222 valence electrons. The molecule has 4 aliphatic rings. The van der Waals surface area contributed by atoms with Crippen LogP contribution in [-0.4, -0.2) is 94.9 Å². The standard InChI is InChI=1S/C28H34ClFN6O3S.ClH/c1-34-8-7-24-25(14-34)40-15-36(24)28(39)33-22-11-16(27(38)35-9-6-19(30)13-35)2-4-21(22)32-26(37)23-12-17-10-18(29)3-5-20(17)31-23;/h3,5,10,12,16,19,21-22,31H,2,4,6-9,11,13-15H2,1H3,(H,32,37)(H,33,39);1H/t16-,19-,21-,22+;/m0./s1. The van der Waals surface area contributed by atoms with Crippen LogP contribution in [0.1, 0.15) is 42.6 Å². The molecular weight excluding hydrogens is 590 g/mol. The molecule has 2 fully saturated rings. The number of urea groups is 1. The summed E-state index contributed by atoms with van der Waals surface area (Å²) in [5.74, 6) is -0.114. The van der Waals surface area contributed by atoms with Gasteiger partial charge in [0.15, 0.2) is 0 Å². The normalized spacial score (nSPS) is 26.6. The summed E-state index contributed by atoms with van der Waals surface area (Å²) in [5.41, 5.74) is 2.27. The van der Waals surface area contributed by atoms with Crippen LogP contribution in [-0.2, 0) is 4.79 Å². The molecule has 1 saturated carbocycles. The smallest absolute Gasteiger partial charge is 0.322 e. The van der Waals surface area contributed by atoms with Crippen LogP contribution >= 0.6 is 35.8 Å². The fourth-order valence-corrected chi connectivity index (χ4v) is 7.71. The second-order valence-electron chi connectivity index (χ2n) is 11.3. The number of rotatable bonds is 4. The topological polar surface area (TPSA) is 101 Å². The molecule has 0 bridgehead atoms. The molecular formula is C28H35Cl2FN6O3S. The Morgan fingerprint density at radius 1 is 1.10 bits per heavy atom. The fraction of sp³-hybridized carbons (Fsp3) is 0.536. The lowest BCUT2D eigenvalue weighted by atomic mass is 9.81. The maximum absolute atomic E-state index is 13.8. The number of amides is 4. The van der Waals surface area contributed by atoms with Gasteiger partial charge in [-0.3, -0.25) is 14.5 Å². The number of likely N-dealkylation sites (tertiary alicyclic amines) is 1. The average Bonchev–Trinajstić information content (AvgIpc) is 3.66. The number of hydrogen-bond donors (Lipinski definition) is 3. The van der Waals surface area contributed by atoms with Crippen molar-refractivity contribution in [2.75, 3.05) is 39.1 Å². The Bertz CT molecular complexity index is 1370. The second kappa shape index (κ2) is 12.4. The van der Waals surface area contributed by atoms with Crippen LogP contribution in [0.25, 0.3) is 10.9 Å². The van der Waals surface area contributed by atoms with E-state index in [1.807, 2.05) is 6.07 Å². The lowest BCUT2D eigenvalue weighted by Crippen LogP contribution is -2.57. The number of aromatic amines is 1. The number of nitrogens with zero attached hydrogens (tertiary/aromatic N) is 3. The molecule has 13 heteroatoms. The molecule has 3 N–H and O–H groups in total. The van der Waals surface area contributed by atoms with Gasteiger partial charge in [-0.2, -0.15) is 0 Å². The van der Waals surface area contributed by atoms with E-state index in [9.17, 15) is 18.8 Å². The number of carbonyl (C=O) groups is 3. The van der Waals surface area contributed by atoms with Crippen LogP contribution in [0.4, 0.5) is 9.18 Å². The van der Waals surface area contributed by atoms with Gasteiger partial charge >= 0.3 is 6.03 Å². The lowest BCUT2D eigenvalue weighted by molar-refractivity contribution is -0.136. The minimum Gasteiger partial charge on any atom is -0.351 e. The molecule has 4 heterocycles. The predicted molar refractivity (Wildman–Crippen MR) is 161 cm³/mol. The zero-order valence-electron chi connectivity index (χ0n) is 22.8. The van der Waals surface area contributed by atoms with E-state index in [1.165, 1.54) is 4.91 Å². The van der Waals surface area contributed by atoms with E-state index >= 15 is 0 Å². The first-order valence-corrected chi connectivity index (χ1v) is 15.2. The van der Waals surface area contributed by atoms with Gasteiger partial charge in [0.1, 0.15) is 11.9 Å². The van der Waals surface area contributed by atoms with Crippen LogP contribution < -0.4 is 10.6 Å². The molecule has 6 rings (SSSR count). The van der Waals surface area contributed by atoms with Crippen molar-refractivity contribution < 1.29 is 18.8 Å². The Labute approximate surface area is 254 Å². The minimum absolute atomic E-state index is 0. The molecule has 1 aliphatic carbocycles. The van der Waals surface area contributed by atoms with Crippen LogP contribution in [0, 0.1) is 5.92 Å². The van der Waals surface area contributed by atoms with Gasteiger partial charge in [-0.1, -0.05) is 11.6 Å². The zero-order chi connectivity index (χ0) is 28.0. The summed E-state index contributed by atoms with van der Waals surface area (Å²) in [6, 6.07) is 6.14. The number of H-pyrrole nitrogens is 1. The maximum Gasteiger partial charge on any atom is 0.322 e. The van der Waals surface area contributed by atoms with E-state index in [-0.39, 0.29) is 48.8 Å². The molecule has 1 aromatic carbocycles. The average molecular weight is 626 g/mol. The Hall–Kier alpha value is -2.47. The number of likely N-dealkylation sites (N-methyl/N-ethyl adjacent to an activating group) is 1. The number of benzene rings is 1. The molecule has 1 saturated heterocycles. The number of aromatic nitrogens is 1. The van der Waals surface area contributed by atoms with Gasteiger partial charge in [0, 0.05) is 64.5 Å². The first-order valence-electron chi connectivity index (χ1n) is 13.9. The first-order chi connectivity index (χ1) is 19.2. The molecule has 3 aliphatic heterocycles. The van der Waals surface area contributed by atoms with Crippen LogP contribution in [0.15, 0.2) is 34.9 Å². The van der Waals surface area contributed by atoms with Crippen molar-refractivity contribution >= 4 is 64.5 Å². The number of thioether (sulfide) groups is 1. The third kappa shape index (κ3) is 6.33. The molecule has 0 radical (unpaired) electrons. The monoisotopic (exact) mass is 624 g/mol. The van der Waals surface area contributed by atoms with E-state index in [0.29, 0.717) is 48.8 Å². The summed E-state index contributed by atoms with van der Waals surface area (Å²) in [7, 11) is 2.08. The summed E-state index contributed by atoms with van der Waals surface area (Å²) >= 11 is 7.80. The van der Waals surface area contributed by atoms with Crippen molar-refractivity contribution in [3.8, 4) is 0 Å². The number of halogens is 3. The largest absolute Gasteiger partial charge is 0.351 e. The quantitative estimate of drug-likeness (QED) is 0.470. The summed E-state index contributed by atoms with van der Waals surface area (Å²) in [5, 5.41) is 7.70. The van der Waals surface area contributed by atoms with Crippen LogP contribution in [0.5, 0.6) is 0 Å². The van der Waals surface area contributed by atoms with Crippen LogP contribution in [0.3, 0.4) is 0 Å². The molecule has 41 heavy (non-hydrogen) atoms. The lowest BCUT2D eigenvalue weighted by Gasteiger charge is -2.38. The number of alkyl halides is 1. The van der Waals surface area contributed by atoms with E-state index in [0.717, 1.165) is 36.1 Å². The van der Waals surface area contributed by atoms with Crippen molar-refractivity contribution in [3.05, 3.63) is 45.6 Å². The van der Waals surface area contributed by atoms with Crippen molar-refractivity contribution in [3.63, 3.8) is 0 Å². The van der Waals surface area contributed by atoms with E-state index in [4.69, 9.17) is 11.6 Å². The number of nitrogens with one attached hydrogen (secondary N) is 3. The molecule has 2 aromatic rings. The number of carbonyl (C=O) groups excluding carboxylic acids is 3. The van der Waals surface area contributed by atoms with Gasteiger partial charge in [-0.25, -0.2) is 9.18 Å². The van der Waals surface area contributed by atoms with E-state index in [2.05, 4.69) is 27.6 Å². The minimum atomic E-state index is -0.981. The first kappa shape index (κ1) is 30.0.